The van der Waals surface area contributed by atoms with E-state index in [1.165, 1.54) is 6.07 Å². The van der Waals surface area contributed by atoms with Crippen molar-refractivity contribution < 1.29 is 21.6 Å². The third kappa shape index (κ3) is 3.59. The molecule has 0 spiro atoms. The van der Waals surface area contributed by atoms with E-state index in [0.29, 0.717) is 30.1 Å². The van der Waals surface area contributed by atoms with E-state index in [-0.39, 0.29) is 5.69 Å². The first-order chi connectivity index (χ1) is 13.9. The Hall–Kier alpha value is -2.88. The van der Waals surface area contributed by atoms with Gasteiger partial charge in [0.15, 0.2) is 23.3 Å². The second kappa shape index (κ2) is 7.51. The summed E-state index contributed by atoms with van der Waals surface area (Å²) in [5.41, 5.74) is 0.593. The monoisotopic (exact) mass is 422 g/mol. The highest BCUT2D eigenvalue weighted by Gasteiger charge is 2.26. The normalized spacial score (nSPS) is 14.3. The Morgan fingerprint density at radius 3 is 2.55 bits per heavy atom. The van der Waals surface area contributed by atoms with E-state index in [4.69, 9.17) is 0 Å². The lowest BCUT2D eigenvalue weighted by molar-refractivity contribution is 0.432. The van der Waals surface area contributed by atoms with Crippen molar-refractivity contribution in [1.82, 2.24) is 14.8 Å². The fourth-order valence-corrected chi connectivity index (χ4v) is 4.52. The molecule has 0 aliphatic carbocycles. The topological polar surface area (TPSA) is 76.9 Å². The molecular weight excluding hydrogens is 405 g/mol. The van der Waals surface area contributed by atoms with Gasteiger partial charge in [0.1, 0.15) is 10.7 Å². The number of rotatable bonds is 4. The van der Waals surface area contributed by atoms with Gasteiger partial charge in [-0.15, -0.1) is 10.2 Å². The van der Waals surface area contributed by atoms with E-state index in [9.17, 15) is 21.6 Å². The number of nitrogens with one attached hydrogen (secondary N) is 1. The molecule has 6 nitrogen and oxygen atoms in total. The number of para-hydroxylation sites is 1. The van der Waals surface area contributed by atoms with Crippen LogP contribution in [0.1, 0.15) is 25.1 Å². The molecule has 2 heterocycles. The zero-order chi connectivity index (χ0) is 20.6. The van der Waals surface area contributed by atoms with Gasteiger partial charge in [0.25, 0.3) is 10.0 Å². The van der Waals surface area contributed by atoms with Gasteiger partial charge in [-0.25, -0.2) is 21.6 Å². The number of aryl methyl sites for hydroxylation is 1. The standard InChI is InChI=1S/C19H17F3N4O2S/c20-13-9-10-15(18(22)17(13)21)29(27,28)25-14-7-4-3-6-12(14)19-24-23-16-8-2-1-5-11-26(16)19/h3-4,6-7,9-10,25H,1-2,5,8,11H2. The molecule has 1 aliphatic rings. The van der Waals surface area contributed by atoms with E-state index >= 15 is 0 Å². The maximum Gasteiger partial charge on any atom is 0.264 e. The van der Waals surface area contributed by atoms with Crippen molar-refractivity contribution in [2.45, 2.75) is 37.1 Å². The molecule has 0 atom stereocenters. The highest BCUT2D eigenvalue weighted by atomic mass is 32.2. The number of hydrogen-bond acceptors (Lipinski definition) is 4. The van der Waals surface area contributed by atoms with E-state index in [1.807, 2.05) is 4.57 Å². The van der Waals surface area contributed by atoms with Crippen LogP contribution in [0, 0.1) is 17.5 Å². The van der Waals surface area contributed by atoms with Crippen molar-refractivity contribution in [3.63, 3.8) is 0 Å². The average Bonchev–Trinajstić information content (AvgIpc) is 2.94. The van der Waals surface area contributed by atoms with Crippen LogP contribution in [0.15, 0.2) is 41.3 Å². The molecule has 1 aliphatic heterocycles. The lowest BCUT2D eigenvalue weighted by atomic mass is 10.1. The molecule has 0 unspecified atom stereocenters. The summed E-state index contributed by atoms with van der Waals surface area (Å²) < 4.78 is 70.3. The average molecular weight is 422 g/mol. The number of fused-ring (bicyclic) bond motifs is 1. The summed E-state index contributed by atoms with van der Waals surface area (Å²) in [5.74, 6) is -3.77. The zero-order valence-corrected chi connectivity index (χ0v) is 16.0. The Morgan fingerprint density at radius 2 is 1.72 bits per heavy atom. The predicted octanol–water partition coefficient (Wildman–Crippen LogP) is 3.89. The van der Waals surface area contributed by atoms with E-state index < -0.39 is 32.4 Å². The van der Waals surface area contributed by atoms with Crippen molar-refractivity contribution in [2.24, 2.45) is 0 Å². The van der Waals surface area contributed by atoms with E-state index in [2.05, 4.69) is 14.9 Å². The van der Waals surface area contributed by atoms with Crippen molar-refractivity contribution >= 4 is 15.7 Å². The third-order valence-corrected chi connectivity index (χ3v) is 6.19. The molecule has 0 saturated heterocycles. The lowest BCUT2D eigenvalue weighted by Gasteiger charge is -2.14. The number of halogens is 3. The second-order valence-electron chi connectivity index (χ2n) is 6.73. The van der Waals surface area contributed by atoms with Crippen LogP contribution in [-0.2, 0) is 23.0 Å². The van der Waals surface area contributed by atoms with Gasteiger partial charge in [-0.2, -0.15) is 0 Å². The van der Waals surface area contributed by atoms with Gasteiger partial charge >= 0.3 is 0 Å². The summed E-state index contributed by atoms with van der Waals surface area (Å²) in [6.45, 7) is 0.705. The van der Waals surface area contributed by atoms with Crippen LogP contribution in [-0.4, -0.2) is 23.2 Å². The SMILES string of the molecule is O=S(=O)(Nc1ccccc1-c1nnc2n1CCCCC2)c1ccc(F)c(F)c1F. The maximum atomic E-state index is 14.0. The maximum absolute atomic E-state index is 14.0. The van der Waals surface area contributed by atoms with Crippen LogP contribution in [0.25, 0.3) is 11.4 Å². The number of aromatic nitrogens is 3. The van der Waals surface area contributed by atoms with Crippen LogP contribution in [0.2, 0.25) is 0 Å². The summed E-state index contributed by atoms with van der Waals surface area (Å²) in [6, 6.07) is 7.72. The van der Waals surface area contributed by atoms with Crippen LogP contribution < -0.4 is 4.72 Å². The Morgan fingerprint density at radius 1 is 0.931 bits per heavy atom. The summed E-state index contributed by atoms with van der Waals surface area (Å²) in [7, 11) is -4.51. The molecule has 29 heavy (non-hydrogen) atoms. The van der Waals surface area contributed by atoms with Crippen molar-refractivity contribution in [3.05, 3.63) is 59.7 Å². The lowest BCUT2D eigenvalue weighted by Crippen LogP contribution is -2.16. The number of anilines is 1. The summed E-state index contributed by atoms with van der Waals surface area (Å²) in [5, 5.41) is 8.42. The minimum absolute atomic E-state index is 0.135. The first kappa shape index (κ1) is 19.4. The molecule has 1 aromatic heterocycles. The molecule has 0 saturated carbocycles. The molecule has 0 fully saturated rings. The first-order valence-electron chi connectivity index (χ1n) is 9.06. The van der Waals surface area contributed by atoms with Crippen molar-refractivity contribution in [2.75, 3.05) is 4.72 Å². The smallest absolute Gasteiger partial charge is 0.264 e. The van der Waals surface area contributed by atoms with Crippen molar-refractivity contribution in [3.8, 4) is 11.4 Å². The first-order valence-corrected chi connectivity index (χ1v) is 10.5. The highest BCUT2D eigenvalue weighted by Crippen LogP contribution is 2.31. The van der Waals surface area contributed by atoms with Gasteiger partial charge in [-0.05, 0) is 37.1 Å². The summed E-state index contributed by atoms with van der Waals surface area (Å²) >= 11 is 0. The Labute approximate surface area is 165 Å². The van der Waals surface area contributed by atoms with Gasteiger partial charge < -0.3 is 4.57 Å². The summed E-state index contributed by atoms with van der Waals surface area (Å²) in [4.78, 5) is -0.980. The van der Waals surface area contributed by atoms with E-state index in [0.717, 1.165) is 31.5 Å². The third-order valence-electron chi connectivity index (χ3n) is 4.81. The molecule has 2 aromatic carbocycles. The minimum Gasteiger partial charge on any atom is -0.311 e. The van der Waals surface area contributed by atoms with Gasteiger partial charge in [0.2, 0.25) is 0 Å². The fourth-order valence-electron chi connectivity index (χ4n) is 3.37. The summed E-state index contributed by atoms with van der Waals surface area (Å²) in [6.07, 6.45) is 3.79. The van der Waals surface area contributed by atoms with Gasteiger partial charge in [0.05, 0.1) is 5.69 Å². The van der Waals surface area contributed by atoms with Crippen molar-refractivity contribution in [1.29, 1.82) is 0 Å². The molecule has 4 rings (SSSR count). The van der Waals surface area contributed by atoms with Crippen LogP contribution in [0.4, 0.5) is 18.9 Å². The predicted molar refractivity (Wildman–Crippen MR) is 100 cm³/mol. The second-order valence-corrected chi connectivity index (χ2v) is 8.38. The van der Waals surface area contributed by atoms with Crippen LogP contribution in [0.3, 0.4) is 0 Å². The Balaban J connectivity index is 1.75. The van der Waals surface area contributed by atoms with Crippen LogP contribution in [0.5, 0.6) is 0 Å². The highest BCUT2D eigenvalue weighted by molar-refractivity contribution is 7.92. The van der Waals surface area contributed by atoms with Gasteiger partial charge in [-0.3, -0.25) is 4.72 Å². The largest absolute Gasteiger partial charge is 0.311 e. The molecule has 1 N–H and O–H groups in total. The molecule has 152 valence electrons. The zero-order valence-electron chi connectivity index (χ0n) is 15.2. The molecule has 0 bridgehead atoms. The molecule has 0 radical (unpaired) electrons. The molecular formula is C19H17F3N4O2S. The molecule has 10 heteroatoms. The fraction of sp³-hybridized carbons (Fsp3) is 0.263. The van der Waals surface area contributed by atoms with E-state index in [1.54, 1.807) is 18.2 Å². The number of hydrogen-bond donors (Lipinski definition) is 1. The van der Waals surface area contributed by atoms with Gasteiger partial charge in [-0.1, -0.05) is 18.6 Å². The van der Waals surface area contributed by atoms with Gasteiger partial charge in [0, 0.05) is 18.5 Å². The quantitative estimate of drug-likeness (QED) is 0.647. The number of nitrogens with zero attached hydrogens (tertiary/aromatic N) is 3. The molecule has 0 amide bonds. The van der Waals surface area contributed by atoms with Crippen LogP contribution >= 0.6 is 0 Å². The number of benzene rings is 2. The molecule has 3 aromatic rings. The number of sulfonamides is 1. The Kier molecular flexibility index (Phi) is 5.03. The Bertz CT molecular complexity index is 1180. The minimum atomic E-state index is -4.51.